The van der Waals surface area contributed by atoms with Crippen molar-refractivity contribution in [1.29, 1.82) is 0 Å². The van der Waals surface area contributed by atoms with E-state index in [0.29, 0.717) is 17.6 Å². The maximum atomic E-state index is 10.8. The number of hydrogen-bond donors (Lipinski definition) is 1. The zero-order valence-electron chi connectivity index (χ0n) is 12.0. The number of benzene rings is 1. The lowest BCUT2D eigenvalue weighted by atomic mass is 10.2. The minimum Gasteiger partial charge on any atom is -0.308 e. The zero-order chi connectivity index (χ0) is 15.4. The van der Waals surface area contributed by atoms with Gasteiger partial charge in [0.25, 0.3) is 5.69 Å². The minimum absolute atomic E-state index is 0.0943. The Labute approximate surface area is 131 Å². The number of nitrogens with zero attached hydrogens (tertiary/aromatic N) is 3. The van der Waals surface area contributed by atoms with E-state index in [0.717, 1.165) is 23.2 Å². The Balaban J connectivity index is 2.01. The third-order valence-electron chi connectivity index (χ3n) is 3.12. The van der Waals surface area contributed by atoms with Crippen molar-refractivity contribution in [1.82, 2.24) is 15.1 Å². The lowest BCUT2D eigenvalue weighted by Crippen LogP contribution is -2.13. The molecule has 1 heterocycles. The second kappa shape index (κ2) is 6.82. The highest BCUT2D eigenvalue weighted by atomic mass is 79.9. The molecule has 0 aliphatic carbocycles. The van der Waals surface area contributed by atoms with Crippen molar-refractivity contribution in [2.24, 2.45) is 7.05 Å². The molecule has 0 bridgehead atoms. The van der Waals surface area contributed by atoms with Gasteiger partial charge < -0.3 is 5.32 Å². The fraction of sp³-hybridized carbons (Fsp3) is 0.357. The summed E-state index contributed by atoms with van der Waals surface area (Å²) in [6.45, 7) is 3.33. The fourth-order valence-corrected chi connectivity index (χ4v) is 2.74. The lowest BCUT2D eigenvalue weighted by Gasteiger charge is -2.05. The quantitative estimate of drug-likeness (QED) is 0.640. The highest BCUT2D eigenvalue weighted by Gasteiger charge is 2.09. The molecule has 0 atom stereocenters. The second-order valence-electron chi connectivity index (χ2n) is 4.81. The van der Waals surface area contributed by atoms with Gasteiger partial charge in [-0.25, -0.2) is 0 Å². The Hall–Kier alpha value is -1.73. The number of hydrogen-bond acceptors (Lipinski definition) is 4. The number of aryl methyl sites for hydroxylation is 2. The van der Waals surface area contributed by atoms with E-state index >= 15 is 0 Å². The van der Waals surface area contributed by atoms with Crippen molar-refractivity contribution in [3.63, 3.8) is 0 Å². The molecule has 0 saturated heterocycles. The molecule has 2 aromatic rings. The van der Waals surface area contributed by atoms with E-state index in [-0.39, 0.29) is 10.6 Å². The predicted octanol–water partition coefficient (Wildman–Crippen LogP) is 2.94. The van der Waals surface area contributed by atoms with Crippen LogP contribution >= 0.6 is 15.9 Å². The monoisotopic (exact) mass is 352 g/mol. The maximum Gasteiger partial charge on any atom is 0.270 e. The van der Waals surface area contributed by atoms with Crippen LogP contribution in [0, 0.1) is 10.1 Å². The second-order valence-corrected chi connectivity index (χ2v) is 5.72. The molecule has 0 amide bonds. The summed E-state index contributed by atoms with van der Waals surface area (Å²) in [7, 11) is 1.90. The van der Waals surface area contributed by atoms with Crippen LogP contribution in [0.5, 0.6) is 0 Å². The van der Waals surface area contributed by atoms with Gasteiger partial charge in [-0.2, -0.15) is 5.10 Å². The van der Waals surface area contributed by atoms with E-state index in [4.69, 9.17) is 0 Å². The lowest BCUT2D eigenvalue weighted by molar-refractivity contribution is -0.385. The molecule has 1 aromatic carbocycles. The maximum absolute atomic E-state index is 10.8. The van der Waals surface area contributed by atoms with Crippen LogP contribution in [0.2, 0.25) is 0 Å². The van der Waals surface area contributed by atoms with E-state index in [2.05, 4.69) is 33.3 Å². The molecule has 0 radical (unpaired) electrons. The third-order valence-corrected chi connectivity index (χ3v) is 3.58. The minimum atomic E-state index is -0.384. The summed E-state index contributed by atoms with van der Waals surface area (Å²) in [6, 6.07) is 4.96. The van der Waals surface area contributed by atoms with Crippen molar-refractivity contribution in [2.45, 2.75) is 26.4 Å². The molecule has 7 heteroatoms. The molecule has 21 heavy (non-hydrogen) atoms. The molecular formula is C14H17BrN4O2. The number of aromatic nitrogens is 2. The van der Waals surface area contributed by atoms with Crippen molar-refractivity contribution >= 4 is 21.6 Å². The van der Waals surface area contributed by atoms with Crippen molar-refractivity contribution in [2.75, 3.05) is 0 Å². The van der Waals surface area contributed by atoms with Crippen LogP contribution < -0.4 is 5.32 Å². The zero-order valence-corrected chi connectivity index (χ0v) is 13.6. The average molecular weight is 353 g/mol. The van der Waals surface area contributed by atoms with Gasteiger partial charge in [0.1, 0.15) is 0 Å². The van der Waals surface area contributed by atoms with Crippen LogP contribution in [0.25, 0.3) is 0 Å². The number of nitrogens with one attached hydrogen (secondary N) is 1. The van der Waals surface area contributed by atoms with Crippen molar-refractivity contribution in [3.05, 3.63) is 55.8 Å². The summed E-state index contributed by atoms with van der Waals surface area (Å²) < 4.78 is 2.52. The van der Waals surface area contributed by atoms with Gasteiger partial charge in [0.15, 0.2) is 0 Å². The van der Waals surface area contributed by atoms with Gasteiger partial charge in [-0.1, -0.05) is 22.9 Å². The molecule has 0 spiro atoms. The highest BCUT2D eigenvalue weighted by molar-refractivity contribution is 9.10. The van der Waals surface area contributed by atoms with E-state index in [1.54, 1.807) is 10.7 Å². The summed E-state index contributed by atoms with van der Waals surface area (Å²) >= 11 is 3.30. The van der Waals surface area contributed by atoms with E-state index in [1.165, 1.54) is 6.07 Å². The Bertz CT molecular complexity index is 654. The van der Waals surface area contributed by atoms with Crippen LogP contribution in [-0.4, -0.2) is 14.7 Å². The van der Waals surface area contributed by atoms with Crippen LogP contribution in [0.3, 0.4) is 0 Å². The summed E-state index contributed by atoms with van der Waals surface area (Å²) in [4.78, 5) is 10.5. The molecule has 2 rings (SSSR count). The van der Waals surface area contributed by atoms with Gasteiger partial charge in [-0.05, 0) is 18.1 Å². The summed E-state index contributed by atoms with van der Waals surface area (Å²) in [5, 5.41) is 18.5. The van der Waals surface area contributed by atoms with E-state index in [9.17, 15) is 10.1 Å². The first-order valence-electron chi connectivity index (χ1n) is 6.65. The first kappa shape index (κ1) is 15.7. The molecule has 0 aliphatic heterocycles. The smallest absolute Gasteiger partial charge is 0.270 e. The highest BCUT2D eigenvalue weighted by Crippen LogP contribution is 2.21. The molecule has 0 unspecified atom stereocenters. The van der Waals surface area contributed by atoms with Gasteiger partial charge in [-0.15, -0.1) is 0 Å². The van der Waals surface area contributed by atoms with Crippen LogP contribution in [-0.2, 0) is 26.6 Å². The van der Waals surface area contributed by atoms with Gasteiger partial charge in [-0.3, -0.25) is 14.8 Å². The largest absolute Gasteiger partial charge is 0.308 e. The number of nitro groups is 1. The van der Waals surface area contributed by atoms with E-state index < -0.39 is 0 Å². The van der Waals surface area contributed by atoms with Crippen molar-refractivity contribution < 1.29 is 4.92 Å². The Kier molecular flexibility index (Phi) is 5.08. The van der Waals surface area contributed by atoms with Crippen LogP contribution in [0.4, 0.5) is 5.69 Å². The molecule has 0 aliphatic rings. The Morgan fingerprint density at radius 1 is 1.38 bits per heavy atom. The SMILES string of the molecule is CCc1nn(C)cc1CNCc1cc(Br)cc([N+](=O)[O-])c1. The van der Waals surface area contributed by atoms with Crippen molar-refractivity contribution in [3.8, 4) is 0 Å². The molecule has 6 nitrogen and oxygen atoms in total. The van der Waals surface area contributed by atoms with E-state index in [1.807, 2.05) is 19.3 Å². The molecular weight excluding hydrogens is 336 g/mol. The van der Waals surface area contributed by atoms with Gasteiger partial charge >= 0.3 is 0 Å². The molecule has 0 fully saturated rings. The standard InChI is InChI=1S/C14H17BrN4O2/c1-3-14-11(9-18(2)17-14)8-16-7-10-4-12(15)6-13(5-10)19(20)21/h4-6,9,16H,3,7-8H2,1-2H3. The fourth-order valence-electron chi connectivity index (χ4n) is 2.21. The summed E-state index contributed by atoms with van der Waals surface area (Å²) in [5.74, 6) is 0. The molecule has 0 saturated carbocycles. The molecule has 112 valence electrons. The van der Waals surface area contributed by atoms with Gasteiger partial charge in [0.05, 0.1) is 10.6 Å². The van der Waals surface area contributed by atoms with Crippen LogP contribution in [0.1, 0.15) is 23.7 Å². The first-order chi connectivity index (χ1) is 9.99. The number of rotatable bonds is 6. The normalized spacial score (nSPS) is 10.8. The summed E-state index contributed by atoms with van der Waals surface area (Å²) in [6.07, 6.45) is 2.88. The van der Waals surface area contributed by atoms with Gasteiger partial charge in [0.2, 0.25) is 0 Å². The Morgan fingerprint density at radius 2 is 2.14 bits per heavy atom. The average Bonchev–Trinajstić information content (AvgIpc) is 2.78. The number of halogens is 1. The first-order valence-corrected chi connectivity index (χ1v) is 7.45. The van der Waals surface area contributed by atoms with Gasteiger partial charge in [0, 0.05) is 48.5 Å². The number of nitro benzene ring substituents is 1. The Morgan fingerprint density at radius 3 is 2.81 bits per heavy atom. The topological polar surface area (TPSA) is 73.0 Å². The van der Waals surface area contributed by atoms with Crippen LogP contribution in [0.15, 0.2) is 28.9 Å². The predicted molar refractivity (Wildman–Crippen MR) is 83.9 cm³/mol. The third kappa shape index (κ3) is 4.12. The number of non-ortho nitro benzene ring substituents is 1. The summed E-state index contributed by atoms with van der Waals surface area (Å²) in [5.41, 5.74) is 3.20. The molecule has 1 N–H and O–H groups in total. The molecule has 1 aromatic heterocycles.